The van der Waals surface area contributed by atoms with Gasteiger partial charge in [0.15, 0.2) is 0 Å². The van der Waals surface area contributed by atoms with Crippen LogP contribution in [-0.4, -0.2) is 18.5 Å². The van der Waals surface area contributed by atoms with Gasteiger partial charge in [0.05, 0.1) is 5.56 Å². The molecule has 0 radical (unpaired) electrons. The van der Waals surface area contributed by atoms with Crippen molar-refractivity contribution in [3.8, 4) is 0 Å². The summed E-state index contributed by atoms with van der Waals surface area (Å²) in [7, 11) is 2.06. The summed E-state index contributed by atoms with van der Waals surface area (Å²) in [4.78, 5) is 2.14. The summed E-state index contributed by atoms with van der Waals surface area (Å²) < 4.78 is 36.3. The molecule has 2 rings (SSSR count). The molecule has 0 N–H and O–H groups in total. The lowest BCUT2D eigenvalue weighted by Crippen LogP contribution is -2.08. The van der Waals surface area contributed by atoms with Gasteiger partial charge in [0.2, 0.25) is 0 Å². The maximum absolute atomic E-state index is 12.1. The van der Waals surface area contributed by atoms with Crippen molar-refractivity contribution in [3.05, 3.63) is 89.6 Å². The van der Waals surface area contributed by atoms with Gasteiger partial charge in [-0.1, -0.05) is 68.5 Å². The number of rotatable bonds is 7. The van der Waals surface area contributed by atoms with E-state index in [1.807, 2.05) is 26.0 Å². The normalized spacial score (nSPS) is 11.0. The molecule has 1 nitrogen and oxygen atoms in total. The van der Waals surface area contributed by atoms with E-state index in [1.165, 1.54) is 23.3 Å². The standard InChI is InChI=1S/C16H21N.C10H11F3/c1-6-14-9-8-10-15(13(3)4)16(14)11-12-17(5)7-2;1-2-3-8-4-6-9(7-5-8)10(11,12)13/h6,8-12H,1,3,7H2,2,4-5H3;4-7H,2-3H2,1H3/b12-11-;. The van der Waals surface area contributed by atoms with E-state index in [9.17, 15) is 13.2 Å². The van der Waals surface area contributed by atoms with Crippen LogP contribution in [0, 0.1) is 0 Å². The Morgan fingerprint density at radius 2 is 1.70 bits per heavy atom. The van der Waals surface area contributed by atoms with E-state index in [-0.39, 0.29) is 0 Å². The van der Waals surface area contributed by atoms with E-state index in [1.54, 1.807) is 0 Å². The number of allylic oxidation sites excluding steroid dienone is 1. The molecule has 0 saturated carbocycles. The molecule has 0 heterocycles. The van der Waals surface area contributed by atoms with Crippen molar-refractivity contribution < 1.29 is 13.2 Å². The molecule has 0 fully saturated rings. The third-order valence-electron chi connectivity index (χ3n) is 4.63. The number of aryl methyl sites for hydroxylation is 1. The van der Waals surface area contributed by atoms with Crippen LogP contribution in [0.3, 0.4) is 0 Å². The molecule has 2 aromatic rings. The molecule has 0 saturated heterocycles. The third kappa shape index (κ3) is 7.94. The van der Waals surface area contributed by atoms with Crippen molar-refractivity contribution in [2.45, 2.75) is 39.8 Å². The van der Waals surface area contributed by atoms with Crippen molar-refractivity contribution in [1.82, 2.24) is 4.90 Å². The van der Waals surface area contributed by atoms with Crippen LogP contribution < -0.4 is 0 Å². The molecule has 0 aromatic heterocycles. The van der Waals surface area contributed by atoms with Gasteiger partial charge >= 0.3 is 6.18 Å². The van der Waals surface area contributed by atoms with Crippen molar-refractivity contribution in [2.24, 2.45) is 0 Å². The minimum Gasteiger partial charge on any atom is -0.381 e. The number of hydrogen-bond donors (Lipinski definition) is 0. The first kappa shape index (κ1) is 25.3. The summed E-state index contributed by atoms with van der Waals surface area (Å²) >= 11 is 0. The summed E-state index contributed by atoms with van der Waals surface area (Å²) in [5.41, 5.74) is 4.97. The van der Waals surface area contributed by atoms with Gasteiger partial charge in [-0.2, -0.15) is 13.2 Å². The van der Waals surface area contributed by atoms with Gasteiger partial charge in [0.25, 0.3) is 0 Å². The molecular weight excluding hydrogens is 383 g/mol. The van der Waals surface area contributed by atoms with Crippen LogP contribution in [0.25, 0.3) is 17.7 Å². The molecule has 0 spiro atoms. The minimum absolute atomic E-state index is 0.577. The maximum atomic E-state index is 12.1. The van der Waals surface area contributed by atoms with Gasteiger partial charge in [-0.25, -0.2) is 0 Å². The van der Waals surface area contributed by atoms with E-state index in [0.717, 1.165) is 48.2 Å². The minimum atomic E-state index is -4.22. The summed E-state index contributed by atoms with van der Waals surface area (Å²) in [6.07, 6.45) is 3.67. The molecule has 0 bridgehead atoms. The van der Waals surface area contributed by atoms with Gasteiger partial charge < -0.3 is 4.90 Å². The van der Waals surface area contributed by atoms with Gasteiger partial charge in [-0.3, -0.25) is 0 Å². The Hall–Kier alpha value is -2.75. The average molecular weight is 416 g/mol. The van der Waals surface area contributed by atoms with Gasteiger partial charge in [0, 0.05) is 13.6 Å². The highest BCUT2D eigenvalue weighted by Crippen LogP contribution is 2.29. The Kier molecular flexibility index (Phi) is 10.2. The monoisotopic (exact) mass is 415 g/mol. The number of alkyl halides is 3. The van der Waals surface area contributed by atoms with Crippen molar-refractivity contribution in [3.63, 3.8) is 0 Å². The third-order valence-corrected chi connectivity index (χ3v) is 4.63. The van der Waals surface area contributed by atoms with Gasteiger partial charge in [0.1, 0.15) is 0 Å². The molecule has 4 heteroatoms. The highest BCUT2D eigenvalue weighted by molar-refractivity contribution is 5.77. The van der Waals surface area contributed by atoms with Gasteiger partial charge in [-0.05, 0) is 66.9 Å². The first-order valence-electron chi connectivity index (χ1n) is 10.1. The van der Waals surface area contributed by atoms with Crippen LogP contribution in [0.2, 0.25) is 0 Å². The molecule has 162 valence electrons. The smallest absolute Gasteiger partial charge is 0.381 e. The lowest BCUT2D eigenvalue weighted by Gasteiger charge is -2.12. The van der Waals surface area contributed by atoms with E-state index in [2.05, 4.69) is 56.4 Å². The molecule has 0 aliphatic rings. The fourth-order valence-electron chi connectivity index (χ4n) is 2.78. The second kappa shape index (κ2) is 12.1. The predicted molar refractivity (Wildman–Crippen MR) is 124 cm³/mol. The summed E-state index contributed by atoms with van der Waals surface area (Å²) in [6, 6.07) is 11.5. The molecule has 2 aromatic carbocycles. The Balaban J connectivity index is 0.000000311. The average Bonchev–Trinajstić information content (AvgIpc) is 2.72. The number of benzene rings is 2. The SMILES string of the molecule is C=Cc1cccc(C(=C)C)c1/C=C\N(C)CC.CCCc1ccc(C(F)(F)F)cc1. The second-order valence-electron chi connectivity index (χ2n) is 7.13. The van der Waals surface area contributed by atoms with Crippen molar-refractivity contribution >= 4 is 17.7 Å². The predicted octanol–water partition coefficient (Wildman–Crippen LogP) is 7.94. The zero-order valence-electron chi connectivity index (χ0n) is 18.4. The Labute approximate surface area is 179 Å². The Morgan fingerprint density at radius 1 is 1.07 bits per heavy atom. The highest BCUT2D eigenvalue weighted by atomic mass is 19.4. The lowest BCUT2D eigenvalue weighted by molar-refractivity contribution is -0.137. The van der Waals surface area contributed by atoms with E-state index in [0.29, 0.717) is 0 Å². The largest absolute Gasteiger partial charge is 0.416 e. The topological polar surface area (TPSA) is 3.24 Å². The summed E-state index contributed by atoms with van der Waals surface area (Å²) in [5.74, 6) is 0. The van der Waals surface area contributed by atoms with Crippen molar-refractivity contribution in [2.75, 3.05) is 13.6 Å². The molecule has 0 aliphatic carbocycles. The Morgan fingerprint density at radius 3 is 2.17 bits per heavy atom. The summed E-state index contributed by atoms with van der Waals surface area (Å²) in [5, 5.41) is 0. The van der Waals surface area contributed by atoms with Crippen LogP contribution in [-0.2, 0) is 12.6 Å². The van der Waals surface area contributed by atoms with E-state index in [4.69, 9.17) is 0 Å². The molecule has 0 amide bonds. The summed E-state index contributed by atoms with van der Waals surface area (Å²) in [6.45, 7) is 15.0. The number of nitrogens with zero attached hydrogens (tertiary/aromatic N) is 1. The van der Waals surface area contributed by atoms with Gasteiger partial charge in [-0.15, -0.1) is 0 Å². The first-order valence-corrected chi connectivity index (χ1v) is 10.1. The van der Waals surface area contributed by atoms with E-state index >= 15 is 0 Å². The zero-order chi connectivity index (χ0) is 22.7. The number of halogens is 3. The first-order chi connectivity index (χ1) is 14.1. The highest BCUT2D eigenvalue weighted by Gasteiger charge is 2.29. The van der Waals surface area contributed by atoms with Crippen LogP contribution in [0.15, 0.2) is 61.8 Å². The molecule has 0 unspecified atom stereocenters. The Bertz CT molecular complexity index is 846. The van der Waals surface area contributed by atoms with Crippen molar-refractivity contribution in [1.29, 1.82) is 0 Å². The molecule has 0 aliphatic heterocycles. The second-order valence-corrected chi connectivity index (χ2v) is 7.13. The van der Waals surface area contributed by atoms with Crippen LogP contribution in [0.1, 0.15) is 55.0 Å². The molecular formula is C26H32F3N. The fraction of sp³-hybridized carbons (Fsp3) is 0.308. The molecule has 30 heavy (non-hydrogen) atoms. The quantitative estimate of drug-likeness (QED) is 0.443. The zero-order valence-corrected chi connectivity index (χ0v) is 18.4. The van der Waals surface area contributed by atoms with Crippen LogP contribution in [0.4, 0.5) is 13.2 Å². The van der Waals surface area contributed by atoms with Crippen LogP contribution >= 0.6 is 0 Å². The van der Waals surface area contributed by atoms with Crippen LogP contribution in [0.5, 0.6) is 0 Å². The van der Waals surface area contributed by atoms with E-state index < -0.39 is 11.7 Å². The fourth-order valence-corrected chi connectivity index (χ4v) is 2.78. The lowest BCUT2D eigenvalue weighted by atomic mass is 9.96. The number of hydrogen-bond acceptors (Lipinski definition) is 1. The molecule has 0 atom stereocenters. The maximum Gasteiger partial charge on any atom is 0.416 e.